The van der Waals surface area contributed by atoms with Gasteiger partial charge in [-0.1, -0.05) is 6.07 Å². The van der Waals surface area contributed by atoms with Gasteiger partial charge in [-0.2, -0.15) is 0 Å². The molecule has 1 N–H and O–H groups in total. The normalized spacial score (nSPS) is 17.9. The van der Waals surface area contributed by atoms with Gasteiger partial charge in [-0.15, -0.1) is 0 Å². The molecule has 1 atom stereocenters. The summed E-state index contributed by atoms with van der Waals surface area (Å²) in [6.07, 6.45) is 2.02. The molecule has 1 aliphatic rings. The van der Waals surface area contributed by atoms with Crippen LogP contribution in [-0.4, -0.2) is 82.1 Å². The van der Waals surface area contributed by atoms with E-state index in [1.165, 1.54) is 11.1 Å². The molecule has 1 aliphatic heterocycles. The summed E-state index contributed by atoms with van der Waals surface area (Å²) in [5, 5.41) is 2.95. The van der Waals surface area contributed by atoms with Gasteiger partial charge >= 0.3 is 6.03 Å². The largest absolute Gasteiger partial charge is 0.493 e. The molecule has 2 amide bonds. The molecule has 0 spiro atoms. The molecule has 1 unspecified atom stereocenters. The first kappa shape index (κ1) is 24.5. The third-order valence-corrected chi connectivity index (χ3v) is 7.28. The highest BCUT2D eigenvalue weighted by atomic mass is 32.2. The van der Waals surface area contributed by atoms with Crippen molar-refractivity contribution in [1.29, 1.82) is 0 Å². The highest BCUT2D eigenvalue weighted by Gasteiger charge is 2.34. The summed E-state index contributed by atoms with van der Waals surface area (Å²) in [5.74, 6) is 1.12. The third kappa shape index (κ3) is 7.47. The Bertz CT molecular complexity index is 824. The van der Waals surface area contributed by atoms with Crippen molar-refractivity contribution in [2.24, 2.45) is 0 Å². The van der Waals surface area contributed by atoms with E-state index < -0.39 is 9.84 Å². The van der Waals surface area contributed by atoms with Crippen LogP contribution in [0, 0.1) is 20.8 Å². The Morgan fingerprint density at radius 2 is 1.90 bits per heavy atom. The van der Waals surface area contributed by atoms with E-state index in [1.54, 1.807) is 4.90 Å². The third-order valence-electron chi connectivity index (χ3n) is 5.53. The second kappa shape index (κ2) is 11.0. The van der Waals surface area contributed by atoms with Crippen molar-refractivity contribution in [3.8, 4) is 5.75 Å². The average Bonchev–Trinajstić information content (AvgIpc) is 3.01. The van der Waals surface area contributed by atoms with Gasteiger partial charge in [0.05, 0.1) is 18.1 Å². The fourth-order valence-electron chi connectivity index (χ4n) is 3.73. The standard InChI is InChI=1S/C22H37N3O4S/c1-17-14-18(2)19(3)21(15-17)29-12-6-9-23-22(26)25(11-7-10-24(4)5)20-8-13-30(27,28)16-20/h14-15,20H,6-13,16H2,1-5H3,(H,23,26). The molecule has 0 bridgehead atoms. The van der Waals surface area contributed by atoms with E-state index >= 15 is 0 Å². The first-order valence-corrected chi connectivity index (χ1v) is 12.5. The van der Waals surface area contributed by atoms with Gasteiger partial charge in [-0.3, -0.25) is 0 Å². The van der Waals surface area contributed by atoms with E-state index in [-0.39, 0.29) is 23.6 Å². The molecule has 7 nitrogen and oxygen atoms in total. The maximum atomic E-state index is 12.8. The molecular weight excluding hydrogens is 402 g/mol. The van der Waals surface area contributed by atoms with Crippen LogP contribution in [0.2, 0.25) is 0 Å². The zero-order valence-electron chi connectivity index (χ0n) is 19.0. The molecule has 0 aliphatic carbocycles. The summed E-state index contributed by atoms with van der Waals surface area (Å²) in [7, 11) is 0.938. The topological polar surface area (TPSA) is 79.0 Å². The number of urea groups is 1. The van der Waals surface area contributed by atoms with Crippen molar-refractivity contribution in [3.05, 3.63) is 28.8 Å². The number of nitrogens with zero attached hydrogens (tertiary/aromatic N) is 2. The average molecular weight is 440 g/mol. The SMILES string of the molecule is Cc1cc(C)c(C)c(OCCCNC(=O)N(CCCN(C)C)C2CCS(=O)(=O)C2)c1. The van der Waals surface area contributed by atoms with E-state index in [1.807, 2.05) is 34.0 Å². The molecule has 1 aromatic carbocycles. The van der Waals surface area contributed by atoms with Crippen molar-refractivity contribution in [2.75, 3.05) is 51.8 Å². The van der Waals surface area contributed by atoms with Crippen molar-refractivity contribution >= 4 is 15.9 Å². The zero-order valence-corrected chi connectivity index (χ0v) is 19.8. The van der Waals surface area contributed by atoms with E-state index in [0.717, 1.165) is 24.3 Å². The van der Waals surface area contributed by atoms with Crippen LogP contribution in [-0.2, 0) is 9.84 Å². The molecule has 1 aromatic rings. The lowest BCUT2D eigenvalue weighted by atomic mass is 10.1. The fourth-order valence-corrected chi connectivity index (χ4v) is 5.46. The van der Waals surface area contributed by atoms with Crippen LogP contribution in [0.15, 0.2) is 12.1 Å². The Morgan fingerprint density at radius 1 is 1.17 bits per heavy atom. The highest BCUT2D eigenvalue weighted by molar-refractivity contribution is 7.91. The predicted molar refractivity (Wildman–Crippen MR) is 121 cm³/mol. The maximum absolute atomic E-state index is 12.8. The van der Waals surface area contributed by atoms with E-state index in [2.05, 4.69) is 23.2 Å². The number of ether oxygens (including phenoxy) is 1. The molecule has 0 saturated carbocycles. The number of rotatable bonds is 10. The molecule has 170 valence electrons. The zero-order chi connectivity index (χ0) is 22.3. The van der Waals surface area contributed by atoms with Gasteiger partial charge in [0.1, 0.15) is 5.75 Å². The van der Waals surface area contributed by atoms with Gasteiger partial charge in [0.2, 0.25) is 0 Å². The molecule has 30 heavy (non-hydrogen) atoms. The van der Waals surface area contributed by atoms with Crippen molar-refractivity contribution < 1.29 is 17.9 Å². The Morgan fingerprint density at radius 3 is 2.53 bits per heavy atom. The van der Waals surface area contributed by atoms with Gasteiger partial charge in [0, 0.05) is 19.1 Å². The van der Waals surface area contributed by atoms with E-state index in [0.29, 0.717) is 32.5 Å². The lowest BCUT2D eigenvalue weighted by Crippen LogP contribution is -2.48. The molecule has 1 saturated heterocycles. The summed E-state index contributed by atoms with van der Waals surface area (Å²) < 4.78 is 29.7. The van der Waals surface area contributed by atoms with Gasteiger partial charge < -0.3 is 19.9 Å². The molecule has 1 fully saturated rings. The lowest BCUT2D eigenvalue weighted by Gasteiger charge is -2.29. The van der Waals surface area contributed by atoms with Gasteiger partial charge in [0.15, 0.2) is 9.84 Å². The summed E-state index contributed by atoms with van der Waals surface area (Å²) in [6.45, 7) is 8.59. The van der Waals surface area contributed by atoms with Crippen LogP contribution in [0.4, 0.5) is 4.79 Å². The van der Waals surface area contributed by atoms with E-state index in [4.69, 9.17) is 4.74 Å². The van der Waals surface area contributed by atoms with Gasteiger partial charge in [-0.05, 0) is 83.4 Å². The molecule has 0 radical (unpaired) electrons. The lowest BCUT2D eigenvalue weighted by molar-refractivity contribution is 0.175. The number of hydrogen-bond donors (Lipinski definition) is 1. The molecule has 1 heterocycles. The molecular formula is C22H37N3O4S. The van der Waals surface area contributed by atoms with Crippen LogP contribution in [0.25, 0.3) is 0 Å². The summed E-state index contributed by atoms with van der Waals surface area (Å²) in [4.78, 5) is 16.5. The first-order chi connectivity index (χ1) is 14.1. The van der Waals surface area contributed by atoms with Crippen LogP contribution < -0.4 is 10.1 Å². The quantitative estimate of drug-likeness (QED) is 0.567. The first-order valence-electron chi connectivity index (χ1n) is 10.7. The molecule has 2 rings (SSSR count). The van der Waals surface area contributed by atoms with Crippen LogP contribution in [0.1, 0.15) is 36.0 Å². The number of hydrogen-bond acceptors (Lipinski definition) is 5. The summed E-state index contributed by atoms with van der Waals surface area (Å²) >= 11 is 0. The molecule has 0 aromatic heterocycles. The second-order valence-electron chi connectivity index (χ2n) is 8.55. The number of sulfone groups is 1. The van der Waals surface area contributed by atoms with Crippen molar-refractivity contribution in [1.82, 2.24) is 15.1 Å². The number of aryl methyl sites for hydroxylation is 2. The Kier molecular flexibility index (Phi) is 8.97. The van der Waals surface area contributed by atoms with Crippen molar-refractivity contribution in [2.45, 2.75) is 46.1 Å². The Hall–Kier alpha value is -1.80. The Balaban J connectivity index is 1.83. The minimum absolute atomic E-state index is 0.0669. The number of carbonyl (C=O) groups excluding carboxylic acids is 1. The maximum Gasteiger partial charge on any atom is 0.317 e. The fraction of sp³-hybridized carbons (Fsp3) is 0.682. The van der Waals surface area contributed by atoms with Crippen LogP contribution in [0.5, 0.6) is 5.75 Å². The highest BCUT2D eigenvalue weighted by Crippen LogP contribution is 2.23. The number of nitrogens with one attached hydrogen (secondary N) is 1. The van der Waals surface area contributed by atoms with Gasteiger partial charge in [0.25, 0.3) is 0 Å². The van der Waals surface area contributed by atoms with Crippen molar-refractivity contribution in [3.63, 3.8) is 0 Å². The number of benzene rings is 1. The minimum Gasteiger partial charge on any atom is -0.493 e. The summed E-state index contributed by atoms with van der Waals surface area (Å²) in [5.41, 5.74) is 3.51. The van der Waals surface area contributed by atoms with Crippen LogP contribution in [0.3, 0.4) is 0 Å². The van der Waals surface area contributed by atoms with Crippen LogP contribution >= 0.6 is 0 Å². The predicted octanol–water partition coefficient (Wildman–Crippen LogP) is 2.53. The molecule has 8 heteroatoms. The monoisotopic (exact) mass is 439 g/mol. The number of carbonyl (C=O) groups is 1. The minimum atomic E-state index is -3.04. The second-order valence-corrected chi connectivity index (χ2v) is 10.8. The van der Waals surface area contributed by atoms with Gasteiger partial charge in [-0.25, -0.2) is 13.2 Å². The Labute approximate surface area is 181 Å². The van der Waals surface area contributed by atoms with E-state index in [9.17, 15) is 13.2 Å². The smallest absolute Gasteiger partial charge is 0.317 e. The summed E-state index contributed by atoms with van der Waals surface area (Å²) in [6, 6.07) is 3.76. The number of amides is 2.